The Morgan fingerprint density at radius 2 is 1.50 bits per heavy atom. The lowest BCUT2D eigenvalue weighted by Crippen LogP contribution is -2.59. The van der Waals surface area contributed by atoms with Gasteiger partial charge in [-0.1, -0.05) is 49.4 Å². The van der Waals surface area contributed by atoms with Crippen LogP contribution in [-0.4, -0.2) is 17.3 Å². The van der Waals surface area contributed by atoms with Crippen LogP contribution in [0.2, 0.25) is 0 Å². The van der Waals surface area contributed by atoms with E-state index >= 15 is 0 Å². The smallest absolute Gasteiger partial charge is 0.316 e. The molecular formula is C29H32O2S. The van der Waals surface area contributed by atoms with Gasteiger partial charge in [-0.15, -0.1) is 11.8 Å². The Labute approximate surface area is 195 Å². The van der Waals surface area contributed by atoms with Gasteiger partial charge in [0.15, 0.2) is 0 Å². The van der Waals surface area contributed by atoms with Gasteiger partial charge in [0.1, 0.15) is 5.60 Å². The Kier molecular flexibility index (Phi) is 5.21. The van der Waals surface area contributed by atoms with Crippen molar-refractivity contribution in [2.45, 2.75) is 56.8 Å². The maximum absolute atomic E-state index is 12.9. The van der Waals surface area contributed by atoms with Gasteiger partial charge in [-0.05, 0) is 101 Å². The number of carbonyl (C=O) groups excluding carboxylic acids is 1. The van der Waals surface area contributed by atoms with E-state index in [1.165, 1.54) is 59.2 Å². The van der Waals surface area contributed by atoms with Gasteiger partial charge in [0.05, 0.1) is 5.75 Å². The second-order valence-electron chi connectivity index (χ2n) is 10.5. The number of benzene rings is 3. The van der Waals surface area contributed by atoms with E-state index in [9.17, 15) is 4.79 Å². The van der Waals surface area contributed by atoms with Gasteiger partial charge >= 0.3 is 5.97 Å². The number of hydrogen-bond acceptors (Lipinski definition) is 3. The zero-order valence-electron chi connectivity index (χ0n) is 18.9. The van der Waals surface area contributed by atoms with E-state index in [0.29, 0.717) is 17.6 Å². The predicted molar refractivity (Wildman–Crippen MR) is 134 cm³/mol. The fraction of sp³-hybridized carbons (Fsp3) is 0.483. The Balaban J connectivity index is 1.10. The van der Waals surface area contributed by atoms with Crippen LogP contribution in [0.3, 0.4) is 0 Å². The molecule has 0 amide bonds. The Morgan fingerprint density at radius 3 is 2.16 bits per heavy atom. The van der Waals surface area contributed by atoms with Crippen LogP contribution in [0.5, 0.6) is 0 Å². The third kappa shape index (κ3) is 3.53. The number of carbonyl (C=O) groups is 1. The number of fused-ring (bicyclic) bond motifs is 2. The molecular weight excluding hydrogens is 412 g/mol. The number of rotatable bonds is 6. The van der Waals surface area contributed by atoms with Crippen LogP contribution in [0.15, 0.2) is 54.6 Å². The Morgan fingerprint density at radius 1 is 0.875 bits per heavy atom. The highest BCUT2D eigenvalue weighted by molar-refractivity contribution is 7.99. The molecule has 0 saturated heterocycles. The summed E-state index contributed by atoms with van der Waals surface area (Å²) in [6, 6.07) is 19.7. The van der Waals surface area contributed by atoms with Crippen molar-refractivity contribution in [2.24, 2.45) is 23.7 Å². The first-order chi connectivity index (χ1) is 15.6. The minimum Gasteiger partial charge on any atom is -0.458 e. The molecule has 0 aromatic heterocycles. The number of ether oxygens (including phenoxy) is 1. The van der Waals surface area contributed by atoms with E-state index in [0.717, 1.165) is 24.0 Å². The third-order valence-electron chi connectivity index (χ3n) is 8.63. The van der Waals surface area contributed by atoms with Crippen molar-refractivity contribution in [3.8, 4) is 0 Å². The summed E-state index contributed by atoms with van der Waals surface area (Å²) < 4.78 is 6.36. The van der Waals surface area contributed by atoms with Crippen LogP contribution in [0.1, 0.15) is 51.0 Å². The first kappa shape index (κ1) is 20.6. The van der Waals surface area contributed by atoms with E-state index in [1.54, 1.807) is 11.8 Å². The molecule has 4 bridgehead atoms. The van der Waals surface area contributed by atoms with Crippen LogP contribution in [0.25, 0.3) is 21.5 Å². The van der Waals surface area contributed by atoms with E-state index in [4.69, 9.17) is 4.74 Å². The molecule has 2 nitrogen and oxygen atoms in total. The van der Waals surface area contributed by atoms with Crippen LogP contribution < -0.4 is 0 Å². The summed E-state index contributed by atoms with van der Waals surface area (Å²) in [4.78, 5) is 12.9. The van der Waals surface area contributed by atoms with E-state index in [2.05, 4.69) is 61.5 Å². The summed E-state index contributed by atoms with van der Waals surface area (Å²) in [6.45, 7) is 2.24. The highest BCUT2D eigenvalue weighted by Crippen LogP contribution is 2.60. The van der Waals surface area contributed by atoms with Gasteiger partial charge in [0.2, 0.25) is 0 Å². The largest absolute Gasteiger partial charge is 0.458 e. The molecule has 0 N–H and O–H groups in total. The monoisotopic (exact) mass is 444 g/mol. The molecule has 0 aliphatic heterocycles. The number of hydrogen-bond donors (Lipinski definition) is 0. The summed E-state index contributed by atoms with van der Waals surface area (Å²) >= 11 is 1.69. The maximum Gasteiger partial charge on any atom is 0.316 e. The number of thioether (sulfide) groups is 1. The predicted octanol–water partition coefficient (Wildman–Crippen LogP) is 7.37. The highest BCUT2D eigenvalue weighted by Gasteiger charge is 2.58. The van der Waals surface area contributed by atoms with Gasteiger partial charge in [0, 0.05) is 5.75 Å². The van der Waals surface area contributed by atoms with Crippen LogP contribution >= 0.6 is 11.8 Å². The van der Waals surface area contributed by atoms with Crippen molar-refractivity contribution in [2.75, 3.05) is 5.75 Å². The minimum atomic E-state index is -0.172. The molecule has 4 saturated carbocycles. The molecule has 0 heterocycles. The molecule has 3 aromatic rings. The number of esters is 1. The Hall–Kier alpha value is -2.00. The van der Waals surface area contributed by atoms with Crippen molar-refractivity contribution < 1.29 is 9.53 Å². The van der Waals surface area contributed by atoms with Gasteiger partial charge in [-0.25, -0.2) is 0 Å². The second-order valence-corrected chi connectivity index (χ2v) is 11.4. The van der Waals surface area contributed by atoms with Gasteiger partial charge < -0.3 is 4.74 Å². The standard InChI is InChI=1S/C29H32O2S/c1-2-29(26-11-20-9-21(13-26)14-27(29)12-20)31-28(30)18-32-17-19-7-8-24-15-22-5-3-4-6-23(22)16-25(24)10-19/h3-8,10,15-16,20-21,26-27H,2,9,11-14,17-18H2,1H3. The van der Waals surface area contributed by atoms with Gasteiger partial charge in [-0.2, -0.15) is 0 Å². The molecule has 166 valence electrons. The molecule has 7 rings (SSSR count). The van der Waals surface area contributed by atoms with E-state index < -0.39 is 0 Å². The van der Waals surface area contributed by atoms with E-state index in [-0.39, 0.29) is 11.6 Å². The zero-order chi connectivity index (χ0) is 21.7. The van der Waals surface area contributed by atoms with Crippen LogP contribution in [0.4, 0.5) is 0 Å². The minimum absolute atomic E-state index is 0.00360. The third-order valence-corrected chi connectivity index (χ3v) is 9.61. The van der Waals surface area contributed by atoms with Gasteiger partial charge in [-0.3, -0.25) is 4.79 Å². The van der Waals surface area contributed by atoms with Crippen molar-refractivity contribution in [3.63, 3.8) is 0 Å². The molecule has 3 heteroatoms. The van der Waals surface area contributed by atoms with Crippen LogP contribution in [-0.2, 0) is 15.3 Å². The average Bonchev–Trinajstić information content (AvgIpc) is 2.79. The van der Waals surface area contributed by atoms with Gasteiger partial charge in [0.25, 0.3) is 0 Å². The lowest BCUT2D eigenvalue weighted by Gasteiger charge is -2.60. The lowest BCUT2D eigenvalue weighted by atomic mass is 9.49. The average molecular weight is 445 g/mol. The first-order valence-electron chi connectivity index (χ1n) is 12.3. The van der Waals surface area contributed by atoms with Crippen molar-refractivity contribution in [1.82, 2.24) is 0 Å². The molecule has 32 heavy (non-hydrogen) atoms. The quantitative estimate of drug-likeness (QED) is 0.293. The molecule has 3 aromatic carbocycles. The van der Waals surface area contributed by atoms with Crippen molar-refractivity contribution >= 4 is 39.3 Å². The summed E-state index contributed by atoms with van der Waals surface area (Å²) in [6.07, 6.45) is 7.55. The maximum atomic E-state index is 12.9. The van der Waals surface area contributed by atoms with Crippen molar-refractivity contribution in [3.05, 3.63) is 60.2 Å². The summed E-state index contributed by atoms with van der Waals surface area (Å²) in [5.74, 6) is 4.29. The fourth-order valence-corrected chi connectivity index (χ4v) is 8.11. The van der Waals surface area contributed by atoms with E-state index in [1.807, 2.05) is 0 Å². The second kappa shape index (κ2) is 8.09. The molecule has 0 radical (unpaired) electrons. The summed E-state index contributed by atoms with van der Waals surface area (Å²) in [5, 5.41) is 5.08. The zero-order valence-corrected chi connectivity index (χ0v) is 19.7. The van der Waals surface area contributed by atoms with Crippen molar-refractivity contribution in [1.29, 1.82) is 0 Å². The molecule has 0 unspecified atom stereocenters. The fourth-order valence-electron chi connectivity index (χ4n) is 7.37. The molecule has 4 fully saturated rings. The Bertz CT molecular complexity index is 1140. The first-order valence-corrected chi connectivity index (χ1v) is 13.5. The SMILES string of the molecule is CCC1(OC(=O)CSCc2ccc3cc4ccccc4cc3c2)C2CC3CC(C2)CC1C3. The molecule has 4 aliphatic carbocycles. The molecule has 4 aliphatic rings. The molecule has 0 atom stereocenters. The summed E-state index contributed by atoms with van der Waals surface area (Å²) in [7, 11) is 0. The lowest BCUT2D eigenvalue weighted by molar-refractivity contribution is -0.208. The normalized spacial score (nSPS) is 30.8. The van der Waals surface area contributed by atoms with Crippen LogP contribution in [0, 0.1) is 23.7 Å². The topological polar surface area (TPSA) is 26.3 Å². The summed E-state index contributed by atoms with van der Waals surface area (Å²) in [5.41, 5.74) is 1.10. The molecule has 0 spiro atoms. The highest BCUT2D eigenvalue weighted by atomic mass is 32.2.